The van der Waals surface area contributed by atoms with Crippen molar-refractivity contribution in [1.29, 1.82) is 0 Å². The SMILES string of the molecule is CC1=C(C)C(C)(C)C(C)([SiH3])C(C)=C1C. The van der Waals surface area contributed by atoms with Gasteiger partial charge in [-0.2, -0.15) is 0 Å². The highest BCUT2D eigenvalue weighted by atomic mass is 28.1. The molecule has 0 bridgehead atoms. The lowest BCUT2D eigenvalue weighted by atomic mass is 9.64. The molecule has 1 aliphatic carbocycles. The molecule has 0 saturated heterocycles. The summed E-state index contributed by atoms with van der Waals surface area (Å²) in [5.74, 6) is 0. The first kappa shape index (κ1) is 11.8. The maximum Gasteiger partial charge on any atom is 0.0165 e. The molecule has 0 nitrogen and oxygen atoms in total. The van der Waals surface area contributed by atoms with Gasteiger partial charge in [-0.15, -0.1) is 0 Å². The van der Waals surface area contributed by atoms with E-state index in [1.807, 2.05) is 0 Å². The zero-order valence-corrected chi connectivity index (χ0v) is 13.0. The second kappa shape index (κ2) is 3.09. The highest BCUT2D eigenvalue weighted by Crippen LogP contribution is 2.57. The van der Waals surface area contributed by atoms with Gasteiger partial charge >= 0.3 is 0 Å². The topological polar surface area (TPSA) is 0 Å². The monoisotopic (exact) mass is 208 g/mol. The predicted octanol–water partition coefficient (Wildman–Crippen LogP) is 3.24. The van der Waals surface area contributed by atoms with Crippen LogP contribution in [0, 0.1) is 5.41 Å². The van der Waals surface area contributed by atoms with Gasteiger partial charge in [0.25, 0.3) is 0 Å². The molecule has 0 aromatic heterocycles. The van der Waals surface area contributed by atoms with Gasteiger partial charge in [-0.3, -0.25) is 0 Å². The predicted molar refractivity (Wildman–Crippen MR) is 68.8 cm³/mol. The van der Waals surface area contributed by atoms with Crippen molar-refractivity contribution in [1.82, 2.24) is 0 Å². The Morgan fingerprint density at radius 2 is 1.14 bits per heavy atom. The van der Waals surface area contributed by atoms with Gasteiger partial charge in [0.1, 0.15) is 0 Å². The molecule has 1 atom stereocenters. The molecule has 0 fully saturated rings. The number of hydrogen-bond donors (Lipinski definition) is 0. The minimum atomic E-state index is 0.340. The fourth-order valence-electron chi connectivity index (χ4n) is 2.44. The number of allylic oxidation sites excluding steroid dienone is 4. The van der Waals surface area contributed by atoms with Gasteiger partial charge in [-0.05, 0) is 49.3 Å². The van der Waals surface area contributed by atoms with Crippen LogP contribution in [-0.2, 0) is 0 Å². The van der Waals surface area contributed by atoms with Crippen molar-refractivity contribution < 1.29 is 0 Å². The van der Waals surface area contributed by atoms with Crippen molar-refractivity contribution in [3.63, 3.8) is 0 Å². The van der Waals surface area contributed by atoms with Gasteiger partial charge < -0.3 is 0 Å². The molecule has 80 valence electrons. The Morgan fingerprint density at radius 1 is 0.786 bits per heavy atom. The minimum Gasteiger partial charge on any atom is -0.0671 e. The van der Waals surface area contributed by atoms with Crippen LogP contribution in [0.15, 0.2) is 22.3 Å². The Kier molecular flexibility index (Phi) is 2.60. The van der Waals surface area contributed by atoms with Crippen molar-refractivity contribution in [3.8, 4) is 0 Å². The molecule has 0 aromatic carbocycles. The van der Waals surface area contributed by atoms with Crippen molar-refractivity contribution in [2.45, 2.75) is 53.5 Å². The van der Waals surface area contributed by atoms with Gasteiger partial charge in [0.05, 0.1) is 0 Å². The third-order valence-electron chi connectivity index (χ3n) is 5.12. The first-order valence-electron chi connectivity index (χ1n) is 5.50. The fraction of sp³-hybridized carbons (Fsp3) is 0.692. The Balaban J connectivity index is 3.48. The van der Waals surface area contributed by atoms with Gasteiger partial charge in [0.2, 0.25) is 0 Å². The molecule has 0 aromatic rings. The van der Waals surface area contributed by atoms with Crippen LogP contribution in [0.3, 0.4) is 0 Å². The molecule has 0 saturated carbocycles. The summed E-state index contributed by atoms with van der Waals surface area (Å²) in [5, 5.41) is 0.417. The van der Waals surface area contributed by atoms with E-state index < -0.39 is 0 Å². The van der Waals surface area contributed by atoms with Crippen molar-refractivity contribution in [2.75, 3.05) is 0 Å². The molecule has 0 amide bonds. The Bertz CT molecular complexity index is 293. The Labute approximate surface area is 91.9 Å². The van der Waals surface area contributed by atoms with Gasteiger partial charge in [0, 0.05) is 10.2 Å². The summed E-state index contributed by atoms with van der Waals surface area (Å²) in [5.41, 5.74) is 6.57. The minimum absolute atomic E-state index is 0.340. The lowest BCUT2D eigenvalue weighted by Gasteiger charge is -2.48. The summed E-state index contributed by atoms with van der Waals surface area (Å²) in [6.07, 6.45) is 0. The summed E-state index contributed by atoms with van der Waals surface area (Å²) in [7, 11) is 1.23. The standard InChI is InChI=1S/C13H24Si/c1-8-9(2)11(4)13(7,14)12(5,6)10(8)3/h1-7,14H3. The summed E-state index contributed by atoms with van der Waals surface area (Å²) in [6.45, 7) is 16.4. The lowest BCUT2D eigenvalue weighted by Crippen LogP contribution is -2.35. The van der Waals surface area contributed by atoms with Crippen molar-refractivity contribution in [2.24, 2.45) is 5.41 Å². The second-order valence-corrected chi connectivity index (χ2v) is 7.75. The molecule has 0 aliphatic heterocycles. The van der Waals surface area contributed by atoms with Crippen LogP contribution >= 0.6 is 0 Å². The molecule has 1 unspecified atom stereocenters. The molecular weight excluding hydrogens is 184 g/mol. The van der Waals surface area contributed by atoms with Crippen LogP contribution in [-0.4, -0.2) is 10.2 Å². The Hall–Kier alpha value is -0.303. The molecule has 0 N–H and O–H groups in total. The van der Waals surface area contributed by atoms with E-state index in [4.69, 9.17) is 0 Å². The highest BCUT2D eigenvalue weighted by Gasteiger charge is 2.43. The van der Waals surface area contributed by atoms with E-state index in [9.17, 15) is 0 Å². The zero-order valence-electron chi connectivity index (χ0n) is 11.0. The lowest BCUT2D eigenvalue weighted by molar-refractivity contribution is 0.334. The normalized spacial score (nSPS) is 32.8. The fourth-order valence-corrected chi connectivity index (χ4v) is 3.19. The average molecular weight is 208 g/mol. The van der Waals surface area contributed by atoms with Gasteiger partial charge in [0.15, 0.2) is 0 Å². The Morgan fingerprint density at radius 3 is 1.57 bits per heavy atom. The van der Waals surface area contributed by atoms with E-state index in [0.29, 0.717) is 10.5 Å². The maximum atomic E-state index is 2.42. The van der Waals surface area contributed by atoms with Crippen LogP contribution in [0.5, 0.6) is 0 Å². The van der Waals surface area contributed by atoms with Crippen LogP contribution in [0.1, 0.15) is 48.5 Å². The van der Waals surface area contributed by atoms with E-state index in [2.05, 4.69) is 48.5 Å². The molecule has 14 heavy (non-hydrogen) atoms. The first-order chi connectivity index (χ1) is 6.14. The van der Waals surface area contributed by atoms with Gasteiger partial charge in [-0.25, -0.2) is 0 Å². The van der Waals surface area contributed by atoms with Gasteiger partial charge in [-0.1, -0.05) is 31.9 Å². The number of rotatable bonds is 0. The first-order valence-corrected chi connectivity index (χ1v) is 6.50. The summed E-state index contributed by atoms with van der Waals surface area (Å²) < 4.78 is 0. The van der Waals surface area contributed by atoms with Crippen LogP contribution in [0.4, 0.5) is 0 Å². The van der Waals surface area contributed by atoms with Crippen molar-refractivity contribution >= 4 is 10.2 Å². The largest absolute Gasteiger partial charge is 0.0671 e. The van der Waals surface area contributed by atoms with E-state index in [1.54, 1.807) is 11.1 Å². The van der Waals surface area contributed by atoms with Crippen molar-refractivity contribution in [3.05, 3.63) is 22.3 Å². The van der Waals surface area contributed by atoms with Crippen LogP contribution in [0.2, 0.25) is 5.04 Å². The molecule has 0 radical (unpaired) electrons. The number of hydrogen-bond acceptors (Lipinski definition) is 0. The van der Waals surface area contributed by atoms with E-state index in [1.165, 1.54) is 21.4 Å². The van der Waals surface area contributed by atoms with Crippen LogP contribution < -0.4 is 0 Å². The van der Waals surface area contributed by atoms with E-state index in [0.717, 1.165) is 0 Å². The molecule has 1 rings (SSSR count). The van der Waals surface area contributed by atoms with Crippen LogP contribution in [0.25, 0.3) is 0 Å². The summed E-state index contributed by atoms with van der Waals surface area (Å²) in [4.78, 5) is 0. The molecule has 0 spiro atoms. The van der Waals surface area contributed by atoms with E-state index in [-0.39, 0.29) is 0 Å². The summed E-state index contributed by atoms with van der Waals surface area (Å²) in [6, 6.07) is 0. The third-order valence-corrected chi connectivity index (χ3v) is 7.12. The molecule has 1 heteroatoms. The molecule has 1 aliphatic rings. The van der Waals surface area contributed by atoms with E-state index >= 15 is 0 Å². The second-order valence-electron chi connectivity index (χ2n) is 5.75. The average Bonchev–Trinajstić information content (AvgIpc) is 2.10. The molecular formula is C13H24Si. The highest BCUT2D eigenvalue weighted by molar-refractivity contribution is 6.18. The molecule has 0 heterocycles. The summed E-state index contributed by atoms with van der Waals surface area (Å²) >= 11 is 0. The smallest absolute Gasteiger partial charge is 0.0165 e. The quantitative estimate of drug-likeness (QED) is 0.536. The maximum absolute atomic E-state index is 2.42. The zero-order chi connectivity index (χ0) is 11.3. The third kappa shape index (κ3) is 1.25.